The number of carbonyl (C=O) groups excluding carboxylic acids is 1. The zero-order valence-electron chi connectivity index (χ0n) is 10.6. The van der Waals surface area contributed by atoms with Gasteiger partial charge < -0.3 is 9.47 Å². The van der Waals surface area contributed by atoms with Gasteiger partial charge in [0.25, 0.3) is 0 Å². The number of halogens is 1. The third kappa shape index (κ3) is 2.93. The highest BCUT2D eigenvalue weighted by Gasteiger charge is 2.32. The van der Waals surface area contributed by atoms with Crippen molar-refractivity contribution >= 4 is 21.9 Å². The van der Waals surface area contributed by atoms with Gasteiger partial charge >= 0.3 is 5.97 Å². The molecule has 2 unspecified atom stereocenters. The largest absolute Gasteiger partial charge is 0.459 e. The van der Waals surface area contributed by atoms with Gasteiger partial charge in [0.15, 0.2) is 6.10 Å². The average Bonchev–Trinajstić information content (AvgIpc) is 2.77. The summed E-state index contributed by atoms with van der Waals surface area (Å²) in [7, 11) is 0. The Morgan fingerprint density at radius 2 is 2.33 bits per heavy atom. The van der Waals surface area contributed by atoms with Crippen LogP contribution in [-0.2, 0) is 20.9 Å². The van der Waals surface area contributed by atoms with E-state index in [0.29, 0.717) is 13.2 Å². The van der Waals surface area contributed by atoms with Crippen molar-refractivity contribution in [3.8, 4) is 0 Å². The van der Waals surface area contributed by atoms with E-state index < -0.39 is 6.10 Å². The number of hydrogen-bond donors (Lipinski definition) is 0. The molecule has 1 fully saturated rings. The molecule has 4 heteroatoms. The number of benzene rings is 1. The van der Waals surface area contributed by atoms with Crippen LogP contribution >= 0.6 is 15.9 Å². The summed E-state index contributed by atoms with van der Waals surface area (Å²) in [5.41, 5.74) is 2.12. The molecule has 0 N–H and O–H groups in total. The van der Waals surface area contributed by atoms with Gasteiger partial charge in [0, 0.05) is 11.1 Å². The van der Waals surface area contributed by atoms with Gasteiger partial charge in [-0.05, 0) is 36.5 Å². The molecule has 0 saturated carbocycles. The van der Waals surface area contributed by atoms with Crippen LogP contribution in [0, 0.1) is 12.8 Å². The number of hydrogen-bond acceptors (Lipinski definition) is 3. The van der Waals surface area contributed by atoms with Gasteiger partial charge in [-0.2, -0.15) is 0 Å². The van der Waals surface area contributed by atoms with Gasteiger partial charge in [0.1, 0.15) is 6.61 Å². The van der Waals surface area contributed by atoms with E-state index in [9.17, 15) is 4.79 Å². The van der Waals surface area contributed by atoms with Crippen molar-refractivity contribution in [3.63, 3.8) is 0 Å². The molecule has 0 aliphatic carbocycles. The molecular weight excluding hydrogens is 296 g/mol. The summed E-state index contributed by atoms with van der Waals surface area (Å²) >= 11 is 3.46. The molecular formula is C14H17BrO3. The molecule has 1 heterocycles. The van der Waals surface area contributed by atoms with Crippen LogP contribution < -0.4 is 0 Å². The van der Waals surface area contributed by atoms with E-state index in [2.05, 4.69) is 15.9 Å². The lowest BCUT2D eigenvalue weighted by molar-refractivity contribution is -0.157. The Morgan fingerprint density at radius 1 is 1.56 bits per heavy atom. The summed E-state index contributed by atoms with van der Waals surface area (Å²) in [6.07, 6.45) is 0.535. The van der Waals surface area contributed by atoms with Crippen LogP contribution in [-0.4, -0.2) is 18.7 Å². The highest BCUT2D eigenvalue weighted by atomic mass is 79.9. The molecule has 1 saturated heterocycles. The summed E-state index contributed by atoms with van der Waals surface area (Å²) < 4.78 is 11.7. The Labute approximate surface area is 116 Å². The van der Waals surface area contributed by atoms with E-state index in [-0.39, 0.29) is 11.9 Å². The molecule has 2 atom stereocenters. The molecule has 1 aromatic carbocycles. The third-order valence-electron chi connectivity index (χ3n) is 3.37. The first-order chi connectivity index (χ1) is 8.59. The van der Waals surface area contributed by atoms with Crippen molar-refractivity contribution < 1.29 is 14.3 Å². The Balaban J connectivity index is 1.95. The van der Waals surface area contributed by atoms with Crippen LogP contribution in [0.25, 0.3) is 0 Å². The van der Waals surface area contributed by atoms with Crippen molar-refractivity contribution in [1.82, 2.24) is 0 Å². The summed E-state index contributed by atoms with van der Waals surface area (Å²) in [5.74, 6) is 0.000446. The van der Waals surface area contributed by atoms with Crippen LogP contribution in [0.5, 0.6) is 0 Å². The molecule has 3 nitrogen and oxygen atoms in total. The average molecular weight is 313 g/mol. The number of carbonyl (C=O) groups is 1. The lowest BCUT2D eigenvalue weighted by Gasteiger charge is -2.14. The maximum atomic E-state index is 11.9. The van der Waals surface area contributed by atoms with Gasteiger partial charge in [-0.15, -0.1) is 0 Å². The molecule has 0 aromatic heterocycles. The molecule has 1 aliphatic heterocycles. The second-order valence-electron chi connectivity index (χ2n) is 4.69. The third-order valence-corrected chi connectivity index (χ3v) is 4.23. The summed E-state index contributed by atoms with van der Waals surface area (Å²) in [5, 5.41) is 0. The van der Waals surface area contributed by atoms with E-state index in [1.807, 2.05) is 32.0 Å². The number of ether oxygens (including phenoxy) is 2. The summed E-state index contributed by atoms with van der Waals surface area (Å²) in [6.45, 7) is 4.97. The SMILES string of the molecule is Cc1c(Br)cccc1COC(=O)C1OCCC1C. The van der Waals surface area contributed by atoms with E-state index >= 15 is 0 Å². The predicted molar refractivity (Wildman–Crippen MR) is 72.2 cm³/mol. The molecule has 2 rings (SSSR count). The Bertz CT molecular complexity index is 445. The van der Waals surface area contributed by atoms with Crippen LogP contribution in [0.3, 0.4) is 0 Å². The second kappa shape index (κ2) is 5.85. The Hall–Kier alpha value is -0.870. The van der Waals surface area contributed by atoms with E-state index in [1.165, 1.54) is 0 Å². The van der Waals surface area contributed by atoms with Crippen LogP contribution in [0.4, 0.5) is 0 Å². The van der Waals surface area contributed by atoms with Crippen molar-refractivity contribution in [2.45, 2.75) is 33.0 Å². The minimum atomic E-state index is -0.391. The molecule has 1 aliphatic rings. The van der Waals surface area contributed by atoms with Crippen LogP contribution in [0.2, 0.25) is 0 Å². The molecule has 0 radical (unpaired) electrons. The van der Waals surface area contributed by atoms with Gasteiger partial charge in [0.05, 0.1) is 0 Å². The fourth-order valence-electron chi connectivity index (χ4n) is 2.04. The molecule has 1 aromatic rings. The summed E-state index contributed by atoms with van der Waals surface area (Å²) in [6, 6.07) is 5.88. The highest BCUT2D eigenvalue weighted by Crippen LogP contribution is 2.23. The lowest BCUT2D eigenvalue weighted by Crippen LogP contribution is -2.27. The Morgan fingerprint density at radius 3 is 3.00 bits per heavy atom. The fraction of sp³-hybridized carbons (Fsp3) is 0.500. The van der Waals surface area contributed by atoms with E-state index in [0.717, 1.165) is 22.0 Å². The van der Waals surface area contributed by atoms with Gasteiger partial charge in [-0.3, -0.25) is 0 Å². The molecule has 0 spiro atoms. The lowest BCUT2D eigenvalue weighted by atomic mass is 10.0. The standard InChI is InChI=1S/C14H17BrO3/c1-9-6-7-17-13(9)14(16)18-8-11-4-3-5-12(15)10(11)2/h3-5,9,13H,6-8H2,1-2H3. The topological polar surface area (TPSA) is 35.5 Å². The maximum absolute atomic E-state index is 11.9. The monoisotopic (exact) mass is 312 g/mol. The molecule has 0 amide bonds. The smallest absolute Gasteiger partial charge is 0.335 e. The van der Waals surface area contributed by atoms with E-state index in [4.69, 9.17) is 9.47 Å². The van der Waals surface area contributed by atoms with Crippen molar-refractivity contribution in [3.05, 3.63) is 33.8 Å². The minimum Gasteiger partial charge on any atom is -0.459 e. The first kappa shape index (κ1) is 13.6. The zero-order chi connectivity index (χ0) is 13.1. The second-order valence-corrected chi connectivity index (χ2v) is 5.54. The maximum Gasteiger partial charge on any atom is 0.335 e. The van der Waals surface area contributed by atoms with Crippen molar-refractivity contribution in [2.75, 3.05) is 6.61 Å². The fourth-order valence-corrected chi connectivity index (χ4v) is 2.44. The quantitative estimate of drug-likeness (QED) is 0.804. The summed E-state index contributed by atoms with van der Waals surface area (Å²) in [4.78, 5) is 11.9. The normalized spacial score (nSPS) is 23.1. The highest BCUT2D eigenvalue weighted by molar-refractivity contribution is 9.10. The Kier molecular flexibility index (Phi) is 4.40. The minimum absolute atomic E-state index is 0.251. The molecule has 18 heavy (non-hydrogen) atoms. The van der Waals surface area contributed by atoms with Gasteiger partial charge in [-0.25, -0.2) is 4.79 Å². The van der Waals surface area contributed by atoms with Gasteiger partial charge in [0.2, 0.25) is 0 Å². The molecule has 0 bridgehead atoms. The van der Waals surface area contributed by atoms with Crippen molar-refractivity contribution in [1.29, 1.82) is 0 Å². The first-order valence-corrected chi connectivity index (χ1v) is 6.91. The van der Waals surface area contributed by atoms with Crippen LogP contribution in [0.1, 0.15) is 24.5 Å². The van der Waals surface area contributed by atoms with Gasteiger partial charge in [-0.1, -0.05) is 35.0 Å². The van der Waals surface area contributed by atoms with Crippen molar-refractivity contribution in [2.24, 2.45) is 5.92 Å². The predicted octanol–water partition coefficient (Wildman–Crippen LogP) is 3.23. The number of rotatable bonds is 3. The first-order valence-electron chi connectivity index (χ1n) is 6.12. The van der Waals surface area contributed by atoms with E-state index in [1.54, 1.807) is 0 Å². The number of esters is 1. The molecule has 98 valence electrons. The zero-order valence-corrected chi connectivity index (χ0v) is 12.2. The van der Waals surface area contributed by atoms with Crippen LogP contribution in [0.15, 0.2) is 22.7 Å².